The van der Waals surface area contributed by atoms with E-state index in [9.17, 15) is 4.79 Å². The van der Waals surface area contributed by atoms with Crippen molar-refractivity contribution in [2.24, 2.45) is 10.4 Å². The molecular weight excluding hydrogens is 142 g/mol. The highest BCUT2D eigenvalue weighted by atomic mass is 16.4. The van der Waals surface area contributed by atoms with Crippen molar-refractivity contribution in [2.45, 2.75) is 33.7 Å². The van der Waals surface area contributed by atoms with E-state index in [0.29, 0.717) is 0 Å². The second-order valence-corrected chi connectivity index (χ2v) is 3.66. The summed E-state index contributed by atoms with van der Waals surface area (Å²) in [7, 11) is 0. The molecule has 0 radical (unpaired) electrons. The van der Waals surface area contributed by atoms with Crippen LogP contribution in [0.1, 0.15) is 27.7 Å². The van der Waals surface area contributed by atoms with Gasteiger partial charge in [-0.25, -0.2) is 4.79 Å². The van der Waals surface area contributed by atoms with Gasteiger partial charge in [0, 0.05) is 6.21 Å². The second kappa shape index (κ2) is 3.51. The number of carbonyl (C=O) groups is 1. The first-order chi connectivity index (χ1) is 4.83. The summed E-state index contributed by atoms with van der Waals surface area (Å²) in [6.07, 6.45) is 1.67. The Kier molecular flexibility index (Phi) is 3.23. The third-order valence-electron chi connectivity index (χ3n) is 1.04. The van der Waals surface area contributed by atoms with Gasteiger partial charge in [-0.3, -0.25) is 4.99 Å². The smallest absolute Gasteiger partial charge is 0.328 e. The molecule has 1 unspecified atom stereocenters. The minimum atomic E-state index is -0.884. The topological polar surface area (TPSA) is 49.7 Å². The highest BCUT2D eigenvalue weighted by Gasteiger charge is 2.10. The Labute approximate surface area is 67.1 Å². The van der Waals surface area contributed by atoms with Crippen LogP contribution in [0.2, 0.25) is 0 Å². The summed E-state index contributed by atoms with van der Waals surface area (Å²) in [4.78, 5) is 14.2. The summed E-state index contributed by atoms with van der Waals surface area (Å²) in [6, 6.07) is -0.630. The highest BCUT2D eigenvalue weighted by molar-refractivity contribution is 5.76. The van der Waals surface area contributed by atoms with E-state index in [1.54, 1.807) is 13.1 Å². The third-order valence-corrected chi connectivity index (χ3v) is 1.04. The number of hydrogen-bond acceptors (Lipinski definition) is 2. The van der Waals surface area contributed by atoms with Gasteiger partial charge in [-0.15, -0.1) is 0 Å². The summed E-state index contributed by atoms with van der Waals surface area (Å²) in [5.74, 6) is -0.884. The maximum atomic E-state index is 10.3. The van der Waals surface area contributed by atoms with E-state index in [1.165, 1.54) is 0 Å². The number of carboxylic acid groups (broad SMARTS) is 1. The molecule has 0 fully saturated rings. The van der Waals surface area contributed by atoms with Gasteiger partial charge >= 0.3 is 5.97 Å². The number of rotatable bonds is 2. The molecule has 1 atom stereocenters. The number of hydrogen-bond donors (Lipinski definition) is 1. The summed E-state index contributed by atoms with van der Waals surface area (Å²) < 4.78 is 0. The van der Waals surface area contributed by atoms with Crippen molar-refractivity contribution in [1.29, 1.82) is 0 Å². The first-order valence-electron chi connectivity index (χ1n) is 3.60. The SMILES string of the molecule is CC(N=CC(C)(C)C)C(=O)O. The van der Waals surface area contributed by atoms with Crippen LogP contribution in [0, 0.1) is 5.41 Å². The van der Waals surface area contributed by atoms with Crippen molar-refractivity contribution in [3.8, 4) is 0 Å². The number of aliphatic imine (C=N–C) groups is 1. The molecule has 0 rings (SSSR count). The van der Waals surface area contributed by atoms with Crippen LogP contribution in [0.3, 0.4) is 0 Å². The summed E-state index contributed by atoms with van der Waals surface area (Å²) in [6.45, 7) is 7.49. The molecule has 0 spiro atoms. The molecular formula is C8H15NO2. The normalized spacial score (nSPS) is 15.3. The Balaban J connectivity index is 4.04. The molecule has 0 aliphatic heterocycles. The first kappa shape index (κ1) is 10.1. The predicted molar refractivity (Wildman–Crippen MR) is 45.0 cm³/mol. The van der Waals surface area contributed by atoms with E-state index < -0.39 is 12.0 Å². The van der Waals surface area contributed by atoms with Crippen molar-refractivity contribution in [3.05, 3.63) is 0 Å². The quantitative estimate of drug-likeness (QED) is 0.618. The lowest BCUT2D eigenvalue weighted by Crippen LogP contribution is -2.16. The third kappa shape index (κ3) is 5.58. The zero-order valence-electron chi connectivity index (χ0n) is 7.46. The molecule has 1 N–H and O–H groups in total. The maximum Gasteiger partial charge on any atom is 0.328 e. The molecule has 0 amide bonds. The molecule has 0 saturated heterocycles. The lowest BCUT2D eigenvalue weighted by molar-refractivity contribution is -0.137. The van der Waals surface area contributed by atoms with Crippen molar-refractivity contribution in [3.63, 3.8) is 0 Å². The van der Waals surface area contributed by atoms with E-state index in [0.717, 1.165) is 0 Å². The van der Waals surface area contributed by atoms with Crippen LogP contribution >= 0.6 is 0 Å². The van der Waals surface area contributed by atoms with Crippen LogP contribution in [0.5, 0.6) is 0 Å². The highest BCUT2D eigenvalue weighted by Crippen LogP contribution is 2.08. The van der Waals surface area contributed by atoms with Gasteiger partial charge in [0.15, 0.2) is 0 Å². The molecule has 0 aromatic heterocycles. The van der Waals surface area contributed by atoms with Crippen LogP contribution < -0.4 is 0 Å². The zero-order valence-corrected chi connectivity index (χ0v) is 7.46. The Morgan fingerprint density at radius 3 is 2.27 bits per heavy atom. The van der Waals surface area contributed by atoms with Gasteiger partial charge < -0.3 is 5.11 Å². The van der Waals surface area contributed by atoms with Crippen LogP contribution in [-0.4, -0.2) is 23.3 Å². The molecule has 0 heterocycles. The number of carboxylic acids is 1. The average Bonchev–Trinajstić information content (AvgIpc) is 1.80. The van der Waals surface area contributed by atoms with E-state index in [1.807, 2.05) is 20.8 Å². The van der Waals surface area contributed by atoms with Gasteiger partial charge in [0.25, 0.3) is 0 Å². The fraction of sp³-hybridized carbons (Fsp3) is 0.750. The van der Waals surface area contributed by atoms with Gasteiger partial charge in [0.1, 0.15) is 6.04 Å². The average molecular weight is 157 g/mol. The van der Waals surface area contributed by atoms with E-state index in [2.05, 4.69) is 4.99 Å². The van der Waals surface area contributed by atoms with Gasteiger partial charge in [-0.05, 0) is 12.3 Å². The minimum Gasteiger partial charge on any atom is -0.480 e. The first-order valence-corrected chi connectivity index (χ1v) is 3.60. The van der Waals surface area contributed by atoms with Crippen molar-refractivity contribution >= 4 is 12.2 Å². The van der Waals surface area contributed by atoms with E-state index in [-0.39, 0.29) is 5.41 Å². The van der Waals surface area contributed by atoms with Gasteiger partial charge in [0.05, 0.1) is 0 Å². The molecule has 11 heavy (non-hydrogen) atoms. The van der Waals surface area contributed by atoms with Crippen LogP contribution in [0.25, 0.3) is 0 Å². The van der Waals surface area contributed by atoms with Gasteiger partial charge in [0.2, 0.25) is 0 Å². The Morgan fingerprint density at radius 1 is 1.55 bits per heavy atom. The minimum absolute atomic E-state index is 0.0380. The fourth-order valence-electron chi connectivity index (χ4n) is 0.399. The Morgan fingerprint density at radius 2 is 2.00 bits per heavy atom. The number of aliphatic carboxylic acids is 1. The molecule has 0 aliphatic carbocycles. The standard InChI is InChI=1S/C8H15NO2/c1-6(7(10)11)9-5-8(2,3)4/h5-6H,1-4H3,(H,10,11). The lowest BCUT2D eigenvalue weighted by atomic mass is 9.99. The second-order valence-electron chi connectivity index (χ2n) is 3.66. The van der Waals surface area contributed by atoms with E-state index >= 15 is 0 Å². The molecule has 0 bridgehead atoms. The van der Waals surface area contributed by atoms with Crippen molar-refractivity contribution in [1.82, 2.24) is 0 Å². The molecule has 0 aliphatic rings. The molecule has 3 nitrogen and oxygen atoms in total. The fourth-order valence-corrected chi connectivity index (χ4v) is 0.399. The molecule has 64 valence electrons. The predicted octanol–water partition coefficient (Wildman–Crippen LogP) is 1.58. The van der Waals surface area contributed by atoms with Crippen molar-refractivity contribution in [2.75, 3.05) is 0 Å². The van der Waals surface area contributed by atoms with E-state index in [4.69, 9.17) is 5.11 Å². The monoisotopic (exact) mass is 157 g/mol. The number of nitrogens with zero attached hydrogens (tertiary/aromatic N) is 1. The molecule has 0 aromatic carbocycles. The van der Waals surface area contributed by atoms with Crippen molar-refractivity contribution < 1.29 is 9.90 Å². The van der Waals surface area contributed by atoms with Gasteiger partial charge in [-0.2, -0.15) is 0 Å². The largest absolute Gasteiger partial charge is 0.480 e. The summed E-state index contributed by atoms with van der Waals surface area (Å²) >= 11 is 0. The summed E-state index contributed by atoms with van der Waals surface area (Å²) in [5, 5.41) is 8.47. The summed E-state index contributed by atoms with van der Waals surface area (Å²) in [5.41, 5.74) is -0.0380. The van der Waals surface area contributed by atoms with Crippen LogP contribution in [-0.2, 0) is 4.79 Å². The lowest BCUT2D eigenvalue weighted by Gasteiger charge is -2.10. The zero-order chi connectivity index (χ0) is 9.07. The Bertz CT molecular complexity index is 167. The van der Waals surface area contributed by atoms with Crippen LogP contribution in [0.4, 0.5) is 0 Å². The maximum absolute atomic E-state index is 10.3. The Hall–Kier alpha value is -0.860. The van der Waals surface area contributed by atoms with Gasteiger partial charge in [-0.1, -0.05) is 20.8 Å². The van der Waals surface area contributed by atoms with Crippen LogP contribution in [0.15, 0.2) is 4.99 Å². The molecule has 0 saturated carbocycles. The molecule has 0 aromatic rings. The molecule has 3 heteroatoms.